The van der Waals surface area contributed by atoms with Gasteiger partial charge in [0.1, 0.15) is 11.6 Å². The molecule has 0 radical (unpaired) electrons. The van der Waals surface area contributed by atoms with Crippen LogP contribution >= 0.6 is 11.3 Å². The van der Waals surface area contributed by atoms with Crippen molar-refractivity contribution in [2.75, 3.05) is 0 Å². The Hall–Kier alpha value is -2.48. The highest BCUT2D eigenvalue weighted by Gasteiger charge is 2.13. The molecular formula is C15H15N3O4S. The Balaban J connectivity index is 1.79. The van der Waals surface area contributed by atoms with Crippen LogP contribution < -0.4 is 5.56 Å². The fourth-order valence-electron chi connectivity index (χ4n) is 2.01. The van der Waals surface area contributed by atoms with Gasteiger partial charge >= 0.3 is 5.97 Å². The fraction of sp³-hybridized carbons (Fsp3) is 0.333. The van der Waals surface area contributed by atoms with Crippen LogP contribution in [-0.4, -0.2) is 20.6 Å². The van der Waals surface area contributed by atoms with E-state index >= 15 is 0 Å². The van der Waals surface area contributed by atoms with Gasteiger partial charge in [-0.3, -0.25) is 4.79 Å². The molecule has 3 heterocycles. The number of furan rings is 1. The van der Waals surface area contributed by atoms with Crippen molar-refractivity contribution in [2.45, 2.75) is 26.9 Å². The Labute approximate surface area is 135 Å². The number of rotatable bonds is 5. The first kappa shape index (κ1) is 15.4. The van der Waals surface area contributed by atoms with E-state index in [1.165, 1.54) is 34.2 Å². The van der Waals surface area contributed by atoms with Gasteiger partial charge in [0, 0.05) is 12.5 Å². The summed E-state index contributed by atoms with van der Waals surface area (Å²) < 4.78 is 11.3. The maximum atomic E-state index is 12.1. The van der Waals surface area contributed by atoms with Crippen LogP contribution in [0.4, 0.5) is 0 Å². The minimum absolute atomic E-state index is 0.0946. The zero-order valence-corrected chi connectivity index (χ0v) is 13.5. The first-order valence-corrected chi connectivity index (χ1v) is 7.94. The molecule has 0 bridgehead atoms. The second-order valence-electron chi connectivity index (χ2n) is 5.43. The van der Waals surface area contributed by atoms with Gasteiger partial charge < -0.3 is 9.15 Å². The van der Waals surface area contributed by atoms with Crippen molar-refractivity contribution in [2.24, 2.45) is 5.92 Å². The number of hydrogen-bond donors (Lipinski definition) is 0. The second-order valence-corrected chi connectivity index (χ2v) is 6.47. The molecule has 8 heteroatoms. The summed E-state index contributed by atoms with van der Waals surface area (Å²) in [5.41, 5.74) is 0.0972. The summed E-state index contributed by atoms with van der Waals surface area (Å²) in [6.07, 6.45) is 2.18. The van der Waals surface area contributed by atoms with Crippen molar-refractivity contribution in [3.8, 4) is 0 Å². The van der Waals surface area contributed by atoms with Gasteiger partial charge in [-0.15, -0.1) is 0 Å². The van der Waals surface area contributed by atoms with Crippen LogP contribution in [0.2, 0.25) is 0 Å². The number of nitrogens with zero attached hydrogens (tertiary/aromatic N) is 3. The van der Waals surface area contributed by atoms with E-state index in [0.717, 1.165) is 11.4 Å². The third kappa shape index (κ3) is 3.48. The average Bonchev–Trinajstić information content (AvgIpc) is 3.13. The molecule has 0 aliphatic rings. The van der Waals surface area contributed by atoms with E-state index in [1.54, 1.807) is 6.07 Å². The molecule has 0 unspecified atom stereocenters. The van der Waals surface area contributed by atoms with Crippen molar-refractivity contribution in [3.05, 3.63) is 51.3 Å². The molecule has 0 fully saturated rings. The van der Waals surface area contributed by atoms with E-state index in [9.17, 15) is 9.59 Å². The normalized spacial score (nSPS) is 11.3. The van der Waals surface area contributed by atoms with Crippen LogP contribution in [0.5, 0.6) is 0 Å². The van der Waals surface area contributed by atoms with Gasteiger partial charge in [-0.25, -0.2) is 9.78 Å². The first-order chi connectivity index (χ1) is 11.0. The monoisotopic (exact) mass is 333 g/mol. The van der Waals surface area contributed by atoms with Gasteiger partial charge in [-0.1, -0.05) is 25.2 Å². The van der Waals surface area contributed by atoms with Gasteiger partial charge in [0.2, 0.25) is 10.7 Å². The molecule has 0 aliphatic heterocycles. The van der Waals surface area contributed by atoms with E-state index in [1.807, 2.05) is 0 Å². The molecule has 3 aromatic rings. The Morgan fingerprint density at radius 2 is 2.30 bits per heavy atom. The Kier molecular flexibility index (Phi) is 4.24. The molecule has 0 amide bonds. The maximum Gasteiger partial charge on any atom is 0.374 e. The Bertz CT molecular complexity index is 880. The number of carbonyl (C=O) groups excluding carboxylic acids is 1. The molecule has 120 valence electrons. The maximum absolute atomic E-state index is 12.1. The lowest BCUT2D eigenvalue weighted by Gasteiger charge is -2.02. The van der Waals surface area contributed by atoms with E-state index in [0.29, 0.717) is 16.6 Å². The van der Waals surface area contributed by atoms with Crippen molar-refractivity contribution < 1.29 is 13.9 Å². The van der Waals surface area contributed by atoms with Crippen molar-refractivity contribution in [3.63, 3.8) is 0 Å². The lowest BCUT2D eigenvalue weighted by Crippen LogP contribution is -2.16. The highest BCUT2D eigenvalue weighted by atomic mass is 32.1. The summed E-state index contributed by atoms with van der Waals surface area (Å²) in [5, 5.41) is 5.12. The second kappa shape index (κ2) is 6.33. The largest absolute Gasteiger partial charge is 0.457 e. The predicted octanol–water partition coefficient (Wildman–Crippen LogP) is 2.30. The highest BCUT2D eigenvalue weighted by molar-refractivity contribution is 7.16. The van der Waals surface area contributed by atoms with Crippen LogP contribution in [0.25, 0.3) is 4.96 Å². The molecule has 3 aromatic heterocycles. The van der Waals surface area contributed by atoms with Crippen molar-refractivity contribution in [1.29, 1.82) is 0 Å². The number of aromatic nitrogens is 3. The average molecular weight is 333 g/mol. The van der Waals surface area contributed by atoms with Gasteiger partial charge in [0.25, 0.3) is 5.56 Å². The van der Waals surface area contributed by atoms with E-state index < -0.39 is 5.97 Å². The molecule has 0 saturated carbocycles. The summed E-state index contributed by atoms with van der Waals surface area (Å²) in [6.45, 7) is 4.08. The minimum atomic E-state index is -0.596. The summed E-state index contributed by atoms with van der Waals surface area (Å²) >= 11 is 1.37. The highest BCUT2D eigenvalue weighted by Crippen LogP contribution is 2.15. The smallest absolute Gasteiger partial charge is 0.374 e. The van der Waals surface area contributed by atoms with E-state index in [2.05, 4.69) is 23.9 Å². The number of esters is 1. The number of hydrogen-bond acceptors (Lipinski definition) is 7. The first-order valence-electron chi connectivity index (χ1n) is 7.12. The number of carbonyl (C=O) groups is 1. The summed E-state index contributed by atoms with van der Waals surface area (Å²) in [7, 11) is 0. The molecule has 0 aliphatic carbocycles. The zero-order chi connectivity index (χ0) is 16.4. The standard InChI is InChI=1S/C15H15N3O4S/c1-9(2)6-12-17-18-13(19)7-10(16-15(18)23-12)8-22-14(20)11-4-3-5-21-11/h3-5,7,9H,6,8H2,1-2H3. The van der Waals surface area contributed by atoms with Crippen LogP contribution in [-0.2, 0) is 17.8 Å². The Morgan fingerprint density at radius 1 is 1.48 bits per heavy atom. The summed E-state index contributed by atoms with van der Waals surface area (Å²) in [6, 6.07) is 4.43. The quantitative estimate of drug-likeness (QED) is 0.666. The lowest BCUT2D eigenvalue weighted by molar-refractivity contribution is 0.0431. The SMILES string of the molecule is CC(C)Cc1nn2c(=O)cc(COC(=O)c3ccco3)nc2s1. The molecule has 0 spiro atoms. The molecule has 0 saturated heterocycles. The van der Waals surface area contributed by atoms with Gasteiger partial charge in [-0.05, 0) is 18.1 Å². The van der Waals surface area contributed by atoms with Crippen molar-refractivity contribution in [1.82, 2.24) is 14.6 Å². The van der Waals surface area contributed by atoms with Gasteiger partial charge in [0.15, 0.2) is 0 Å². The zero-order valence-electron chi connectivity index (χ0n) is 12.7. The molecule has 7 nitrogen and oxygen atoms in total. The lowest BCUT2D eigenvalue weighted by atomic mass is 10.1. The fourth-order valence-corrected chi connectivity index (χ4v) is 3.14. The van der Waals surface area contributed by atoms with E-state index in [-0.39, 0.29) is 17.9 Å². The van der Waals surface area contributed by atoms with Crippen LogP contribution in [0, 0.1) is 5.92 Å². The molecule has 0 aromatic carbocycles. The van der Waals surface area contributed by atoms with E-state index in [4.69, 9.17) is 9.15 Å². The minimum Gasteiger partial charge on any atom is -0.457 e. The van der Waals surface area contributed by atoms with Gasteiger partial charge in [0.05, 0.1) is 12.0 Å². The van der Waals surface area contributed by atoms with Crippen LogP contribution in [0.1, 0.15) is 35.1 Å². The third-order valence-corrected chi connectivity index (χ3v) is 3.93. The van der Waals surface area contributed by atoms with Crippen LogP contribution in [0.3, 0.4) is 0 Å². The summed E-state index contributed by atoms with van der Waals surface area (Å²) in [5.74, 6) is -0.0402. The molecule has 0 atom stereocenters. The van der Waals surface area contributed by atoms with Gasteiger partial charge in [-0.2, -0.15) is 9.61 Å². The van der Waals surface area contributed by atoms with Crippen molar-refractivity contribution >= 4 is 22.3 Å². The molecule has 23 heavy (non-hydrogen) atoms. The molecular weight excluding hydrogens is 318 g/mol. The number of ether oxygens (including phenoxy) is 1. The predicted molar refractivity (Wildman–Crippen MR) is 83.5 cm³/mol. The molecule has 3 rings (SSSR count). The molecule has 0 N–H and O–H groups in total. The third-order valence-electron chi connectivity index (χ3n) is 3.00. The Morgan fingerprint density at radius 3 is 3.00 bits per heavy atom. The van der Waals surface area contributed by atoms with Crippen LogP contribution in [0.15, 0.2) is 33.7 Å². The number of fused-ring (bicyclic) bond motifs is 1. The topological polar surface area (TPSA) is 86.7 Å². The summed E-state index contributed by atoms with van der Waals surface area (Å²) in [4.78, 5) is 28.6.